The van der Waals surface area contributed by atoms with Gasteiger partial charge in [0.25, 0.3) is 5.91 Å². The largest absolute Gasteiger partial charge is 0.481 e. The number of benzene rings is 1. The van der Waals surface area contributed by atoms with Crippen LogP contribution in [0.25, 0.3) is 0 Å². The summed E-state index contributed by atoms with van der Waals surface area (Å²) in [5, 5.41) is 14.0. The highest BCUT2D eigenvalue weighted by atomic mass is 16.5. The third-order valence-corrected chi connectivity index (χ3v) is 3.22. The van der Waals surface area contributed by atoms with Gasteiger partial charge in [0.05, 0.1) is 5.69 Å². The minimum absolute atomic E-state index is 0.0407. The highest BCUT2D eigenvalue weighted by Gasteiger charge is 2.35. The van der Waals surface area contributed by atoms with Gasteiger partial charge in [0.1, 0.15) is 5.75 Å². The van der Waals surface area contributed by atoms with Gasteiger partial charge in [0.2, 0.25) is 5.91 Å². The fourth-order valence-corrected chi connectivity index (χ4v) is 2.01. The maximum Gasteiger partial charge on any atom is 0.303 e. The molecule has 7 nitrogen and oxygen atoms in total. The third-order valence-electron chi connectivity index (χ3n) is 3.22. The van der Waals surface area contributed by atoms with Gasteiger partial charge < -0.3 is 20.5 Å². The molecule has 118 valence electrons. The van der Waals surface area contributed by atoms with Gasteiger partial charge in [-0.3, -0.25) is 14.4 Å². The first-order valence-corrected chi connectivity index (χ1v) is 6.94. The number of nitrogens with one attached hydrogen (secondary N) is 2. The molecular weight excluding hydrogens is 288 g/mol. The lowest BCUT2D eigenvalue weighted by molar-refractivity contribution is -0.137. The van der Waals surface area contributed by atoms with Crippen molar-refractivity contribution in [3.05, 3.63) is 18.2 Å². The Balaban J connectivity index is 2.01. The quantitative estimate of drug-likeness (QED) is 0.771. The van der Waals surface area contributed by atoms with Gasteiger partial charge in [-0.15, -0.1) is 0 Å². The van der Waals surface area contributed by atoms with Crippen LogP contribution in [0.2, 0.25) is 0 Å². The van der Waals surface area contributed by atoms with Crippen LogP contribution >= 0.6 is 0 Å². The molecule has 0 saturated carbocycles. The van der Waals surface area contributed by atoms with Gasteiger partial charge in [-0.1, -0.05) is 0 Å². The van der Waals surface area contributed by atoms with Crippen LogP contribution in [0.1, 0.15) is 33.1 Å². The van der Waals surface area contributed by atoms with Crippen molar-refractivity contribution in [3.8, 4) is 5.75 Å². The first kappa shape index (κ1) is 15.8. The van der Waals surface area contributed by atoms with Gasteiger partial charge in [-0.2, -0.15) is 0 Å². The molecule has 1 aromatic carbocycles. The first-order chi connectivity index (χ1) is 10.3. The minimum Gasteiger partial charge on any atom is -0.481 e. The molecular formula is C15H18N2O5. The van der Waals surface area contributed by atoms with E-state index in [1.807, 2.05) is 0 Å². The first-order valence-electron chi connectivity index (χ1n) is 6.94. The van der Waals surface area contributed by atoms with Crippen molar-refractivity contribution in [2.24, 2.45) is 0 Å². The number of carboxylic acid groups (broad SMARTS) is 1. The third kappa shape index (κ3) is 3.75. The van der Waals surface area contributed by atoms with E-state index in [1.165, 1.54) is 0 Å². The zero-order valence-electron chi connectivity index (χ0n) is 12.4. The predicted octanol–water partition coefficient (Wildman–Crippen LogP) is 1.99. The Bertz CT molecular complexity index is 624. The normalized spacial score (nSPS) is 15.3. The Morgan fingerprint density at radius 3 is 2.73 bits per heavy atom. The summed E-state index contributed by atoms with van der Waals surface area (Å²) in [6.07, 6.45) is 0.374. The van der Waals surface area contributed by atoms with E-state index in [2.05, 4.69) is 10.6 Å². The van der Waals surface area contributed by atoms with Crippen LogP contribution in [-0.4, -0.2) is 28.5 Å². The number of ether oxygens (including phenoxy) is 1. The van der Waals surface area contributed by atoms with Crippen LogP contribution in [0.4, 0.5) is 11.4 Å². The number of anilines is 2. The van der Waals surface area contributed by atoms with Crippen molar-refractivity contribution in [1.29, 1.82) is 0 Å². The highest BCUT2D eigenvalue weighted by molar-refractivity contribution is 6.01. The second-order valence-electron chi connectivity index (χ2n) is 5.57. The van der Waals surface area contributed by atoms with E-state index in [9.17, 15) is 14.4 Å². The molecule has 22 heavy (non-hydrogen) atoms. The van der Waals surface area contributed by atoms with Crippen molar-refractivity contribution < 1.29 is 24.2 Å². The van der Waals surface area contributed by atoms with Gasteiger partial charge >= 0.3 is 5.97 Å². The van der Waals surface area contributed by atoms with Gasteiger partial charge in [-0.25, -0.2) is 0 Å². The van der Waals surface area contributed by atoms with Gasteiger partial charge in [0, 0.05) is 24.6 Å². The lowest BCUT2D eigenvalue weighted by atomic mass is 10.1. The molecule has 0 saturated heterocycles. The number of hydrogen-bond donors (Lipinski definition) is 3. The molecule has 2 rings (SSSR count). The van der Waals surface area contributed by atoms with Crippen LogP contribution < -0.4 is 15.4 Å². The smallest absolute Gasteiger partial charge is 0.303 e. The Morgan fingerprint density at radius 1 is 1.32 bits per heavy atom. The minimum atomic E-state index is -0.975. The van der Waals surface area contributed by atoms with Crippen molar-refractivity contribution in [2.75, 3.05) is 10.6 Å². The molecule has 3 N–H and O–H groups in total. The topological polar surface area (TPSA) is 105 Å². The Hall–Kier alpha value is -2.57. The van der Waals surface area contributed by atoms with E-state index >= 15 is 0 Å². The Labute approximate surface area is 127 Å². The number of rotatable bonds is 5. The predicted molar refractivity (Wildman–Crippen MR) is 79.9 cm³/mol. The molecule has 0 unspecified atom stereocenters. The standard InChI is InChI=1S/C15H18N2O5/c1-15(2)14(21)17-10-7-6-9(8-11(10)22-15)16-12(18)4-3-5-13(19)20/h6-8H,3-5H2,1-2H3,(H,16,18)(H,17,21)(H,19,20). The number of hydrogen-bond acceptors (Lipinski definition) is 4. The second kappa shape index (κ2) is 6.05. The Kier molecular flexibility index (Phi) is 4.35. The average Bonchev–Trinajstić information content (AvgIpc) is 2.39. The molecule has 0 atom stereocenters. The summed E-state index contributed by atoms with van der Waals surface area (Å²) in [7, 11) is 0. The van der Waals surface area contributed by atoms with Crippen molar-refractivity contribution >= 4 is 29.2 Å². The van der Waals surface area contributed by atoms with Crippen LogP contribution in [0, 0.1) is 0 Å². The molecule has 0 fully saturated rings. The maximum atomic E-state index is 11.8. The van der Waals surface area contributed by atoms with Crippen LogP contribution in [0.5, 0.6) is 5.75 Å². The molecule has 0 radical (unpaired) electrons. The second-order valence-corrected chi connectivity index (χ2v) is 5.57. The van der Waals surface area contributed by atoms with E-state index in [0.717, 1.165) is 0 Å². The van der Waals surface area contributed by atoms with Crippen molar-refractivity contribution in [3.63, 3.8) is 0 Å². The molecule has 1 heterocycles. The molecule has 1 aliphatic heterocycles. The fraction of sp³-hybridized carbons (Fsp3) is 0.400. The average molecular weight is 306 g/mol. The highest BCUT2D eigenvalue weighted by Crippen LogP contribution is 2.35. The molecule has 1 aromatic rings. The summed E-state index contributed by atoms with van der Waals surface area (Å²) in [5.41, 5.74) is 0.108. The van der Waals surface area contributed by atoms with E-state index in [0.29, 0.717) is 17.1 Å². The molecule has 0 bridgehead atoms. The van der Waals surface area contributed by atoms with Crippen LogP contribution in [0.3, 0.4) is 0 Å². The number of carbonyl (C=O) groups excluding carboxylic acids is 2. The zero-order chi connectivity index (χ0) is 16.3. The number of amides is 2. The summed E-state index contributed by atoms with van der Waals surface area (Å²) in [6, 6.07) is 4.93. The zero-order valence-corrected chi connectivity index (χ0v) is 12.4. The molecule has 1 aliphatic rings. The molecule has 0 aromatic heterocycles. The molecule has 2 amide bonds. The summed E-state index contributed by atoms with van der Waals surface area (Å²) < 4.78 is 5.63. The molecule has 7 heteroatoms. The van der Waals surface area contributed by atoms with E-state index in [1.54, 1.807) is 32.0 Å². The summed E-state index contributed by atoms with van der Waals surface area (Å²) in [4.78, 5) is 33.9. The lowest BCUT2D eigenvalue weighted by Gasteiger charge is -2.31. The van der Waals surface area contributed by atoms with E-state index < -0.39 is 11.6 Å². The van der Waals surface area contributed by atoms with Crippen LogP contribution in [0.15, 0.2) is 18.2 Å². The maximum absolute atomic E-state index is 11.8. The number of carboxylic acids is 1. The van der Waals surface area contributed by atoms with Gasteiger partial charge in [0.15, 0.2) is 5.60 Å². The number of carbonyl (C=O) groups is 3. The van der Waals surface area contributed by atoms with Gasteiger partial charge in [-0.05, 0) is 32.4 Å². The number of aliphatic carboxylic acids is 1. The summed E-state index contributed by atoms with van der Waals surface area (Å²) >= 11 is 0. The SMILES string of the molecule is CC1(C)Oc2cc(NC(=O)CCCC(=O)O)ccc2NC1=O. The lowest BCUT2D eigenvalue weighted by Crippen LogP contribution is -2.45. The number of fused-ring (bicyclic) bond motifs is 1. The molecule has 0 spiro atoms. The van der Waals surface area contributed by atoms with Crippen LogP contribution in [-0.2, 0) is 14.4 Å². The monoisotopic (exact) mass is 306 g/mol. The summed E-state index contributed by atoms with van der Waals surface area (Å²) in [5.74, 6) is -0.938. The summed E-state index contributed by atoms with van der Waals surface area (Å²) in [6.45, 7) is 3.31. The Morgan fingerprint density at radius 2 is 2.05 bits per heavy atom. The molecule has 0 aliphatic carbocycles. The van der Waals surface area contributed by atoms with E-state index in [4.69, 9.17) is 9.84 Å². The fourth-order valence-electron chi connectivity index (χ4n) is 2.01. The van der Waals surface area contributed by atoms with E-state index in [-0.39, 0.29) is 31.1 Å². The van der Waals surface area contributed by atoms with Crippen molar-refractivity contribution in [2.45, 2.75) is 38.7 Å². The van der Waals surface area contributed by atoms with Crippen molar-refractivity contribution in [1.82, 2.24) is 0 Å².